The third kappa shape index (κ3) is 3.52. The Labute approximate surface area is 97.0 Å². The molecule has 0 aromatic heterocycles. The standard InChI is InChI=1S/C12H21NO3/c1-4-11(14)12(13-9(2)15-3)10-5-7-16-8-6-10/h10,12-13H,2,4-8H2,1,3H3. The van der Waals surface area contributed by atoms with Crippen molar-refractivity contribution in [1.29, 1.82) is 0 Å². The second-order valence-corrected chi connectivity index (χ2v) is 4.02. The molecular formula is C12H21NO3. The van der Waals surface area contributed by atoms with Crippen molar-refractivity contribution in [3.05, 3.63) is 12.5 Å². The summed E-state index contributed by atoms with van der Waals surface area (Å²) in [6.07, 6.45) is 2.37. The molecule has 0 spiro atoms. The van der Waals surface area contributed by atoms with Gasteiger partial charge in [-0.15, -0.1) is 0 Å². The molecule has 1 rings (SSSR count). The van der Waals surface area contributed by atoms with Crippen LogP contribution < -0.4 is 5.32 Å². The summed E-state index contributed by atoms with van der Waals surface area (Å²) in [4.78, 5) is 11.9. The van der Waals surface area contributed by atoms with Crippen molar-refractivity contribution in [1.82, 2.24) is 5.32 Å². The first-order chi connectivity index (χ1) is 7.69. The van der Waals surface area contributed by atoms with E-state index >= 15 is 0 Å². The Morgan fingerprint density at radius 1 is 1.56 bits per heavy atom. The van der Waals surface area contributed by atoms with Crippen LogP contribution in [0.3, 0.4) is 0 Å². The highest BCUT2D eigenvalue weighted by atomic mass is 16.5. The van der Waals surface area contributed by atoms with Crippen LogP contribution in [0.5, 0.6) is 0 Å². The summed E-state index contributed by atoms with van der Waals surface area (Å²) in [5, 5.41) is 3.07. The molecule has 0 saturated carbocycles. The molecule has 1 atom stereocenters. The molecule has 1 unspecified atom stereocenters. The molecular weight excluding hydrogens is 206 g/mol. The van der Waals surface area contributed by atoms with Gasteiger partial charge in [-0.3, -0.25) is 4.79 Å². The molecule has 1 saturated heterocycles. The predicted molar refractivity (Wildman–Crippen MR) is 61.9 cm³/mol. The number of ketones is 1. The maximum Gasteiger partial charge on any atom is 0.179 e. The van der Waals surface area contributed by atoms with Gasteiger partial charge in [0.15, 0.2) is 11.7 Å². The Hall–Kier alpha value is -1.03. The SMILES string of the molecule is C=C(NC(C(=O)CC)C1CCOCC1)OC. The van der Waals surface area contributed by atoms with Gasteiger partial charge >= 0.3 is 0 Å². The van der Waals surface area contributed by atoms with Gasteiger partial charge in [-0.25, -0.2) is 0 Å². The third-order valence-electron chi connectivity index (χ3n) is 3.00. The van der Waals surface area contributed by atoms with Gasteiger partial charge in [0, 0.05) is 19.6 Å². The van der Waals surface area contributed by atoms with Crippen LogP contribution in [0.1, 0.15) is 26.2 Å². The molecule has 0 aromatic carbocycles. The molecule has 0 bridgehead atoms. The van der Waals surface area contributed by atoms with E-state index in [1.165, 1.54) is 0 Å². The second-order valence-electron chi connectivity index (χ2n) is 4.02. The van der Waals surface area contributed by atoms with E-state index in [2.05, 4.69) is 11.9 Å². The highest BCUT2D eigenvalue weighted by molar-refractivity contribution is 5.84. The molecule has 4 nitrogen and oxygen atoms in total. The number of ether oxygens (including phenoxy) is 2. The zero-order chi connectivity index (χ0) is 12.0. The maximum atomic E-state index is 11.9. The lowest BCUT2D eigenvalue weighted by Crippen LogP contribution is -2.44. The first-order valence-corrected chi connectivity index (χ1v) is 5.79. The number of Topliss-reactive ketones (excluding diaryl/α,β-unsaturated/α-hetero) is 1. The Balaban J connectivity index is 2.61. The molecule has 1 aliphatic rings. The fourth-order valence-electron chi connectivity index (χ4n) is 1.96. The number of hydrogen-bond acceptors (Lipinski definition) is 4. The van der Waals surface area contributed by atoms with Crippen molar-refractivity contribution in [2.75, 3.05) is 20.3 Å². The zero-order valence-corrected chi connectivity index (χ0v) is 10.1. The Morgan fingerprint density at radius 2 is 2.19 bits per heavy atom. The summed E-state index contributed by atoms with van der Waals surface area (Å²) in [6, 6.07) is -0.179. The van der Waals surface area contributed by atoms with Crippen LogP contribution in [0.25, 0.3) is 0 Å². The Kier molecular flexibility index (Phi) is 5.32. The molecule has 1 heterocycles. The van der Waals surface area contributed by atoms with Gasteiger partial charge in [0.25, 0.3) is 0 Å². The normalized spacial score (nSPS) is 18.9. The van der Waals surface area contributed by atoms with E-state index < -0.39 is 0 Å². The summed E-state index contributed by atoms with van der Waals surface area (Å²) in [6.45, 7) is 7.06. The largest absolute Gasteiger partial charge is 0.483 e. The Bertz CT molecular complexity index is 247. The molecule has 0 aliphatic carbocycles. The average molecular weight is 227 g/mol. The van der Waals surface area contributed by atoms with Crippen LogP contribution in [-0.4, -0.2) is 32.1 Å². The van der Waals surface area contributed by atoms with E-state index in [0.717, 1.165) is 26.1 Å². The number of methoxy groups -OCH3 is 1. The van der Waals surface area contributed by atoms with E-state index in [4.69, 9.17) is 9.47 Å². The summed E-state index contributed by atoms with van der Waals surface area (Å²) in [5.74, 6) is 0.997. The van der Waals surface area contributed by atoms with Crippen molar-refractivity contribution in [2.24, 2.45) is 5.92 Å². The lowest BCUT2D eigenvalue weighted by atomic mass is 9.88. The lowest BCUT2D eigenvalue weighted by Gasteiger charge is -2.30. The van der Waals surface area contributed by atoms with Crippen LogP contribution >= 0.6 is 0 Å². The fourth-order valence-corrected chi connectivity index (χ4v) is 1.96. The molecule has 1 aliphatic heterocycles. The van der Waals surface area contributed by atoms with Crippen molar-refractivity contribution < 1.29 is 14.3 Å². The summed E-state index contributed by atoms with van der Waals surface area (Å²) in [5.41, 5.74) is 0. The molecule has 92 valence electrons. The minimum Gasteiger partial charge on any atom is -0.483 e. The molecule has 0 amide bonds. The summed E-state index contributed by atoms with van der Waals surface area (Å²) in [7, 11) is 1.55. The highest BCUT2D eigenvalue weighted by Gasteiger charge is 2.29. The van der Waals surface area contributed by atoms with Gasteiger partial charge in [-0.2, -0.15) is 0 Å². The molecule has 1 fully saturated rings. The summed E-state index contributed by atoms with van der Waals surface area (Å²) < 4.78 is 10.3. The van der Waals surface area contributed by atoms with Gasteiger partial charge in [0.2, 0.25) is 0 Å². The van der Waals surface area contributed by atoms with E-state index in [0.29, 0.717) is 18.2 Å². The Morgan fingerprint density at radius 3 is 2.69 bits per heavy atom. The van der Waals surface area contributed by atoms with Gasteiger partial charge in [0.05, 0.1) is 13.2 Å². The first-order valence-electron chi connectivity index (χ1n) is 5.79. The van der Waals surface area contributed by atoms with E-state index in [1.54, 1.807) is 7.11 Å². The van der Waals surface area contributed by atoms with E-state index in [-0.39, 0.29) is 11.8 Å². The monoisotopic (exact) mass is 227 g/mol. The molecule has 0 aromatic rings. The average Bonchev–Trinajstić information content (AvgIpc) is 2.35. The van der Waals surface area contributed by atoms with Crippen molar-refractivity contribution >= 4 is 5.78 Å². The molecule has 1 N–H and O–H groups in total. The van der Waals surface area contributed by atoms with Gasteiger partial charge < -0.3 is 14.8 Å². The van der Waals surface area contributed by atoms with Gasteiger partial charge in [-0.1, -0.05) is 6.92 Å². The lowest BCUT2D eigenvalue weighted by molar-refractivity contribution is -0.123. The number of rotatable bonds is 6. The van der Waals surface area contributed by atoms with Crippen LogP contribution in [-0.2, 0) is 14.3 Å². The van der Waals surface area contributed by atoms with E-state index in [9.17, 15) is 4.79 Å². The van der Waals surface area contributed by atoms with Gasteiger partial charge in [-0.05, 0) is 25.3 Å². The molecule has 4 heteroatoms. The maximum absolute atomic E-state index is 11.9. The van der Waals surface area contributed by atoms with Crippen LogP contribution in [0.2, 0.25) is 0 Å². The molecule has 0 radical (unpaired) electrons. The quantitative estimate of drug-likeness (QED) is 0.698. The van der Waals surface area contributed by atoms with Crippen molar-refractivity contribution in [3.63, 3.8) is 0 Å². The van der Waals surface area contributed by atoms with E-state index in [1.807, 2.05) is 6.92 Å². The number of hydrogen-bond donors (Lipinski definition) is 1. The predicted octanol–water partition coefficient (Wildman–Crippen LogP) is 1.47. The molecule has 16 heavy (non-hydrogen) atoms. The fraction of sp³-hybridized carbons (Fsp3) is 0.750. The van der Waals surface area contributed by atoms with Crippen LogP contribution in [0.4, 0.5) is 0 Å². The van der Waals surface area contributed by atoms with Crippen molar-refractivity contribution in [3.8, 4) is 0 Å². The van der Waals surface area contributed by atoms with Crippen LogP contribution in [0, 0.1) is 5.92 Å². The highest BCUT2D eigenvalue weighted by Crippen LogP contribution is 2.21. The number of nitrogens with one attached hydrogen (secondary N) is 1. The zero-order valence-electron chi connectivity index (χ0n) is 10.1. The summed E-state index contributed by atoms with van der Waals surface area (Å²) >= 11 is 0. The smallest absolute Gasteiger partial charge is 0.179 e. The minimum absolute atomic E-state index is 0.179. The topological polar surface area (TPSA) is 47.6 Å². The van der Waals surface area contributed by atoms with Crippen molar-refractivity contribution in [2.45, 2.75) is 32.2 Å². The van der Waals surface area contributed by atoms with Gasteiger partial charge in [0.1, 0.15) is 0 Å². The second kappa shape index (κ2) is 6.53. The number of carbonyl (C=O) groups excluding carboxylic acids is 1. The third-order valence-corrected chi connectivity index (χ3v) is 3.00. The number of carbonyl (C=O) groups is 1. The first kappa shape index (κ1) is 13.0. The van der Waals surface area contributed by atoms with Crippen LogP contribution in [0.15, 0.2) is 12.5 Å². The minimum atomic E-state index is -0.179.